The summed E-state index contributed by atoms with van der Waals surface area (Å²) in [6, 6.07) is 7.67. The fraction of sp³-hybridized carbons (Fsp3) is 0.0526. The third-order valence-corrected chi connectivity index (χ3v) is 4.81. The molecule has 4 heterocycles. The van der Waals surface area contributed by atoms with Crippen LogP contribution in [0.2, 0.25) is 5.02 Å². The van der Waals surface area contributed by atoms with Gasteiger partial charge < -0.3 is 9.84 Å². The van der Waals surface area contributed by atoms with Crippen molar-refractivity contribution in [3.05, 3.63) is 71.4 Å². The number of carbonyl (C=O) groups excluding carboxylic acids is 1. The summed E-state index contributed by atoms with van der Waals surface area (Å²) >= 11 is 6.15. The Morgan fingerprint density at radius 3 is 2.55 bits per heavy atom. The van der Waals surface area contributed by atoms with E-state index >= 15 is 0 Å². The third kappa shape index (κ3) is 3.67. The lowest BCUT2D eigenvalue weighted by Crippen LogP contribution is -2.21. The largest absolute Gasteiger partial charge is 0.434 e. The maximum atomic E-state index is 14.0. The van der Waals surface area contributed by atoms with Crippen molar-refractivity contribution in [1.82, 2.24) is 34.9 Å². The number of nitrogens with one attached hydrogen (secondary N) is 1. The maximum absolute atomic E-state index is 14.0. The van der Waals surface area contributed by atoms with Crippen molar-refractivity contribution in [2.24, 2.45) is 0 Å². The molecule has 0 aliphatic heterocycles. The molecule has 0 radical (unpaired) electrons. The van der Waals surface area contributed by atoms with Gasteiger partial charge in [-0.25, -0.2) is 9.67 Å². The van der Waals surface area contributed by atoms with Gasteiger partial charge in [-0.1, -0.05) is 28.9 Å². The molecule has 4 aromatic heterocycles. The minimum absolute atomic E-state index is 0.0636. The zero-order chi connectivity index (χ0) is 23.2. The van der Waals surface area contributed by atoms with Gasteiger partial charge >= 0.3 is 6.18 Å². The Morgan fingerprint density at radius 1 is 1.06 bits per heavy atom. The van der Waals surface area contributed by atoms with Crippen LogP contribution in [-0.2, 0) is 6.18 Å². The van der Waals surface area contributed by atoms with Crippen LogP contribution in [0.4, 0.5) is 18.9 Å². The van der Waals surface area contributed by atoms with Crippen molar-refractivity contribution in [2.45, 2.75) is 6.18 Å². The molecule has 0 saturated carbocycles. The average Bonchev–Trinajstić information content (AvgIpc) is 3.52. The molecule has 1 aromatic carbocycles. The van der Waals surface area contributed by atoms with Crippen LogP contribution >= 0.6 is 11.6 Å². The number of alkyl halides is 3. The number of benzene rings is 1. The van der Waals surface area contributed by atoms with Gasteiger partial charge in [0.2, 0.25) is 5.82 Å². The van der Waals surface area contributed by atoms with Gasteiger partial charge in [0.15, 0.2) is 17.1 Å². The van der Waals surface area contributed by atoms with Crippen LogP contribution in [0.3, 0.4) is 0 Å². The molecule has 0 aliphatic carbocycles. The normalized spacial score (nSPS) is 11.8. The summed E-state index contributed by atoms with van der Waals surface area (Å²) in [7, 11) is 0. The first-order chi connectivity index (χ1) is 15.8. The van der Waals surface area contributed by atoms with Gasteiger partial charge in [-0.2, -0.15) is 28.5 Å². The van der Waals surface area contributed by atoms with Crippen LogP contribution < -0.4 is 5.32 Å². The Labute approximate surface area is 186 Å². The molecule has 0 spiro atoms. The van der Waals surface area contributed by atoms with E-state index in [0.29, 0.717) is 10.1 Å². The predicted molar refractivity (Wildman–Crippen MR) is 108 cm³/mol. The van der Waals surface area contributed by atoms with E-state index in [1.807, 2.05) is 0 Å². The van der Waals surface area contributed by atoms with Crippen LogP contribution in [0.5, 0.6) is 0 Å². The molecule has 166 valence electrons. The van der Waals surface area contributed by atoms with Crippen molar-refractivity contribution < 1.29 is 22.5 Å². The molecule has 0 unspecified atom stereocenters. The summed E-state index contributed by atoms with van der Waals surface area (Å²) in [5, 5.41) is 18.0. The molecule has 5 rings (SSSR count). The number of fused-ring (bicyclic) bond motifs is 1. The smallest absolute Gasteiger partial charge is 0.354 e. The second kappa shape index (κ2) is 7.70. The molecular formula is C19H10ClF3N8O2. The number of pyridine rings is 1. The van der Waals surface area contributed by atoms with E-state index in [9.17, 15) is 18.0 Å². The highest BCUT2D eigenvalue weighted by atomic mass is 35.5. The standard InChI is InChI=1S/C19H10ClF3N8O2/c20-13-7-10(8-24-17(13)31-25-5-6-26-31)28-18(32)12-9-27-30(15(12)19(21,22)23)16-11-3-1-2-4-14(11)33-29-16/h1-9H,(H,28,32). The fourth-order valence-corrected chi connectivity index (χ4v) is 3.39. The van der Waals surface area contributed by atoms with Crippen molar-refractivity contribution in [2.75, 3.05) is 5.32 Å². The number of para-hydroxylation sites is 1. The van der Waals surface area contributed by atoms with Crippen LogP contribution in [0.25, 0.3) is 22.6 Å². The van der Waals surface area contributed by atoms with Gasteiger partial charge in [-0.3, -0.25) is 4.79 Å². The van der Waals surface area contributed by atoms with Gasteiger partial charge in [-0.05, 0) is 18.2 Å². The second-order valence-electron chi connectivity index (χ2n) is 6.62. The quantitative estimate of drug-likeness (QED) is 0.419. The highest BCUT2D eigenvalue weighted by Gasteiger charge is 2.41. The van der Waals surface area contributed by atoms with E-state index < -0.39 is 23.3 Å². The second-order valence-corrected chi connectivity index (χ2v) is 7.03. The summed E-state index contributed by atoms with van der Waals surface area (Å²) in [6.45, 7) is 0. The molecular weight excluding hydrogens is 465 g/mol. The molecule has 0 aliphatic rings. The minimum atomic E-state index is -4.92. The van der Waals surface area contributed by atoms with E-state index in [1.54, 1.807) is 18.2 Å². The zero-order valence-corrected chi connectivity index (χ0v) is 16.9. The summed E-state index contributed by atoms with van der Waals surface area (Å²) in [4.78, 5) is 17.9. The van der Waals surface area contributed by atoms with Gasteiger partial charge in [0, 0.05) is 0 Å². The SMILES string of the molecule is O=C(Nc1cnc(-n2nccn2)c(Cl)c1)c1cnn(-c2noc3ccccc23)c1C(F)(F)F. The monoisotopic (exact) mass is 474 g/mol. The molecule has 0 fully saturated rings. The maximum Gasteiger partial charge on any atom is 0.434 e. The number of amides is 1. The number of carbonyl (C=O) groups is 1. The number of rotatable bonds is 4. The topological polar surface area (TPSA) is 117 Å². The third-order valence-electron chi connectivity index (χ3n) is 4.53. The lowest BCUT2D eigenvalue weighted by molar-refractivity contribution is -0.143. The van der Waals surface area contributed by atoms with Crippen molar-refractivity contribution in [3.8, 4) is 11.6 Å². The van der Waals surface area contributed by atoms with Gasteiger partial charge in [-0.15, -0.1) is 4.80 Å². The first-order valence-corrected chi connectivity index (χ1v) is 9.54. The van der Waals surface area contributed by atoms with Crippen LogP contribution in [-0.4, -0.2) is 40.8 Å². The van der Waals surface area contributed by atoms with Gasteiger partial charge in [0.05, 0.1) is 46.4 Å². The van der Waals surface area contributed by atoms with E-state index in [0.717, 1.165) is 11.0 Å². The number of aromatic nitrogens is 7. The molecule has 1 amide bonds. The summed E-state index contributed by atoms with van der Waals surface area (Å²) in [5.41, 5.74) is -1.69. The van der Waals surface area contributed by atoms with Gasteiger partial charge in [0.1, 0.15) is 0 Å². The number of hydrogen-bond donors (Lipinski definition) is 1. The van der Waals surface area contributed by atoms with Crippen molar-refractivity contribution in [1.29, 1.82) is 0 Å². The Balaban J connectivity index is 1.51. The Bertz CT molecular complexity index is 1480. The van der Waals surface area contributed by atoms with E-state index in [2.05, 4.69) is 30.8 Å². The fourth-order valence-electron chi connectivity index (χ4n) is 3.14. The van der Waals surface area contributed by atoms with Crippen molar-refractivity contribution >= 4 is 34.2 Å². The molecule has 5 aromatic rings. The Kier molecular flexibility index (Phi) is 4.82. The molecule has 0 bridgehead atoms. The van der Waals surface area contributed by atoms with E-state index in [4.69, 9.17) is 16.1 Å². The first-order valence-electron chi connectivity index (χ1n) is 9.16. The summed E-state index contributed by atoms with van der Waals surface area (Å²) < 4.78 is 47.5. The number of hydrogen-bond acceptors (Lipinski definition) is 7. The number of halogens is 4. The molecule has 0 saturated heterocycles. The highest BCUT2D eigenvalue weighted by Crippen LogP contribution is 2.35. The van der Waals surface area contributed by atoms with Crippen LogP contribution in [0.15, 0.2) is 59.6 Å². The van der Waals surface area contributed by atoms with Gasteiger partial charge in [0.25, 0.3) is 5.91 Å². The zero-order valence-electron chi connectivity index (χ0n) is 16.2. The average molecular weight is 475 g/mol. The summed E-state index contributed by atoms with van der Waals surface area (Å²) in [5.74, 6) is -1.08. The highest BCUT2D eigenvalue weighted by molar-refractivity contribution is 6.32. The van der Waals surface area contributed by atoms with Crippen molar-refractivity contribution in [3.63, 3.8) is 0 Å². The molecule has 33 heavy (non-hydrogen) atoms. The summed E-state index contributed by atoms with van der Waals surface area (Å²) in [6.07, 6.45) is -0.0666. The number of nitrogens with zero attached hydrogens (tertiary/aromatic N) is 7. The molecule has 1 N–H and O–H groups in total. The predicted octanol–water partition coefficient (Wildman–Crippen LogP) is 3.91. The first kappa shape index (κ1) is 20.6. The minimum Gasteiger partial charge on any atom is -0.354 e. The van der Waals surface area contributed by atoms with E-state index in [1.165, 1.54) is 30.7 Å². The molecule has 10 nitrogen and oxygen atoms in total. The Morgan fingerprint density at radius 2 is 1.82 bits per heavy atom. The lowest BCUT2D eigenvalue weighted by Gasteiger charge is -2.12. The lowest BCUT2D eigenvalue weighted by atomic mass is 10.2. The Hall–Kier alpha value is -4.26. The van der Waals surface area contributed by atoms with E-state index in [-0.39, 0.29) is 27.9 Å². The van der Waals surface area contributed by atoms with Crippen LogP contribution in [0.1, 0.15) is 16.1 Å². The molecule has 0 atom stereocenters. The van der Waals surface area contributed by atoms with Crippen LogP contribution in [0, 0.1) is 0 Å². The molecule has 14 heteroatoms. The number of anilines is 1.